The van der Waals surface area contributed by atoms with Crippen LogP contribution in [-0.4, -0.2) is 9.97 Å². The first-order valence-electron chi connectivity index (χ1n) is 5.54. The Labute approximate surface area is 112 Å². The Morgan fingerprint density at radius 2 is 2.11 bits per heavy atom. The predicted molar refractivity (Wildman–Crippen MR) is 72.0 cm³/mol. The molecule has 1 N–H and O–H groups in total. The Morgan fingerprint density at radius 1 is 1.39 bits per heavy atom. The highest BCUT2D eigenvalue weighted by Gasteiger charge is 2.12. The van der Waals surface area contributed by atoms with Gasteiger partial charge in [0.25, 0.3) is 5.56 Å². The Kier molecular flexibility index (Phi) is 3.61. The van der Waals surface area contributed by atoms with Crippen molar-refractivity contribution in [3.63, 3.8) is 0 Å². The van der Waals surface area contributed by atoms with Crippen LogP contribution in [0.5, 0.6) is 0 Å². The zero-order valence-electron chi connectivity index (χ0n) is 10.00. The van der Waals surface area contributed by atoms with Gasteiger partial charge in [0, 0.05) is 17.5 Å². The van der Waals surface area contributed by atoms with E-state index in [-0.39, 0.29) is 11.5 Å². The molecule has 0 aliphatic rings. The van der Waals surface area contributed by atoms with Gasteiger partial charge in [0.2, 0.25) is 0 Å². The van der Waals surface area contributed by atoms with Crippen molar-refractivity contribution in [2.24, 2.45) is 0 Å². The number of aromatic amines is 1. The van der Waals surface area contributed by atoms with Gasteiger partial charge in [0.05, 0.1) is 10.2 Å². The molecule has 0 bridgehead atoms. The van der Waals surface area contributed by atoms with Crippen molar-refractivity contribution in [3.8, 4) is 11.3 Å². The van der Waals surface area contributed by atoms with Gasteiger partial charge in [0.1, 0.15) is 11.6 Å². The van der Waals surface area contributed by atoms with Crippen LogP contribution in [0.3, 0.4) is 0 Å². The summed E-state index contributed by atoms with van der Waals surface area (Å²) in [6.07, 6.45) is 0. The average Bonchev–Trinajstić information content (AvgIpc) is 2.31. The molecule has 18 heavy (non-hydrogen) atoms. The van der Waals surface area contributed by atoms with E-state index in [4.69, 9.17) is 0 Å². The zero-order chi connectivity index (χ0) is 13.3. The number of nitrogens with one attached hydrogen (secondary N) is 1. The summed E-state index contributed by atoms with van der Waals surface area (Å²) in [5.74, 6) is 0.218. The second-order valence-electron chi connectivity index (χ2n) is 4.27. The molecule has 1 heterocycles. The molecular weight excluding hydrogens is 299 g/mol. The topological polar surface area (TPSA) is 45.8 Å². The summed E-state index contributed by atoms with van der Waals surface area (Å²) in [5, 5.41) is 0. The molecule has 0 radical (unpaired) electrons. The maximum Gasteiger partial charge on any atom is 0.251 e. The first-order chi connectivity index (χ1) is 8.49. The summed E-state index contributed by atoms with van der Waals surface area (Å²) in [6, 6.07) is 6.22. The predicted octanol–water partition coefficient (Wildman–Crippen LogP) is 3.46. The third-order valence-corrected chi connectivity index (χ3v) is 3.15. The van der Waals surface area contributed by atoms with E-state index in [1.807, 2.05) is 13.8 Å². The summed E-state index contributed by atoms with van der Waals surface area (Å²) < 4.78 is 14.3. The van der Waals surface area contributed by atoms with Gasteiger partial charge in [0.15, 0.2) is 0 Å². The zero-order valence-corrected chi connectivity index (χ0v) is 11.6. The average molecular weight is 311 g/mol. The van der Waals surface area contributed by atoms with E-state index in [9.17, 15) is 9.18 Å². The van der Waals surface area contributed by atoms with Crippen molar-refractivity contribution in [3.05, 3.63) is 50.7 Å². The van der Waals surface area contributed by atoms with Gasteiger partial charge in [-0.2, -0.15) is 0 Å². The summed E-state index contributed by atoms with van der Waals surface area (Å²) in [4.78, 5) is 18.5. The smallest absolute Gasteiger partial charge is 0.251 e. The maximum absolute atomic E-state index is 14.0. The van der Waals surface area contributed by atoms with Gasteiger partial charge in [-0.3, -0.25) is 4.79 Å². The Hall–Kier alpha value is -1.49. The van der Waals surface area contributed by atoms with Crippen molar-refractivity contribution < 1.29 is 4.39 Å². The van der Waals surface area contributed by atoms with Gasteiger partial charge in [-0.1, -0.05) is 19.9 Å². The summed E-state index contributed by atoms with van der Waals surface area (Å²) in [6.45, 7) is 3.83. The highest BCUT2D eigenvalue weighted by atomic mass is 79.9. The van der Waals surface area contributed by atoms with Crippen molar-refractivity contribution in [2.75, 3.05) is 0 Å². The molecule has 3 nitrogen and oxygen atoms in total. The number of benzene rings is 1. The van der Waals surface area contributed by atoms with Crippen LogP contribution in [0.4, 0.5) is 4.39 Å². The summed E-state index contributed by atoms with van der Waals surface area (Å²) in [7, 11) is 0. The molecule has 94 valence electrons. The molecule has 0 atom stereocenters. The molecule has 0 spiro atoms. The number of nitrogens with zero attached hydrogens (tertiary/aromatic N) is 1. The normalized spacial score (nSPS) is 10.9. The SMILES string of the molecule is CC(C)c1nc(-c2cccc(Br)c2F)cc(=O)[nH]1. The lowest BCUT2D eigenvalue weighted by molar-refractivity contribution is 0.623. The van der Waals surface area contributed by atoms with Gasteiger partial charge in [-0.15, -0.1) is 0 Å². The van der Waals surface area contributed by atoms with Crippen LogP contribution in [0, 0.1) is 5.82 Å². The van der Waals surface area contributed by atoms with Gasteiger partial charge in [-0.25, -0.2) is 9.37 Å². The Bertz CT molecular complexity index is 637. The molecule has 1 aromatic heterocycles. The van der Waals surface area contributed by atoms with Crippen LogP contribution in [0.2, 0.25) is 0 Å². The lowest BCUT2D eigenvalue weighted by Gasteiger charge is -2.08. The number of H-pyrrole nitrogens is 1. The minimum atomic E-state index is -0.412. The lowest BCUT2D eigenvalue weighted by atomic mass is 10.1. The van der Waals surface area contributed by atoms with Crippen molar-refractivity contribution in [2.45, 2.75) is 19.8 Å². The van der Waals surface area contributed by atoms with Crippen molar-refractivity contribution in [1.82, 2.24) is 9.97 Å². The van der Waals surface area contributed by atoms with E-state index in [1.54, 1.807) is 18.2 Å². The molecule has 5 heteroatoms. The van der Waals surface area contributed by atoms with Crippen molar-refractivity contribution in [1.29, 1.82) is 0 Å². The highest BCUT2D eigenvalue weighted by molar-refractivity contribution is 9.10. The fourth-order valence-corrected chi connectivity index (χ4v) is 1.96. The molecule has 1 aromatic carbocycles. The summed E-state index contributed by atoms with van der Waals surface area (Å²) in [5.41, 5.74) is 0.390. The lowest BCUT2D eigenvalue weighted by Crippen LogP contribution is -2.12. The van der Waals surface area contributed by atoms with Crippen LogP contribution in [0.25, 0.3) is 11.3 Å². The van der Waals surface area contributed by atoms with Crippen LogP contribution in [-0.2, 0) is 0 Å². The van der Waals surface area contributed by atoms with Crippen LogP contribution in [0.15, 0.2) is 33.5 Å². The minimum Gasteiger partial charge on any atom is -0.310 e. The third kappa shape index (κ3) is 2.51. The van der Waals surface area contributed by atoms with E-state index < -0.39 is 5.82 Å². The van der Waals surface area contributed by atoms with Gasteiger partial charge in [-0.05, 0) is 28.1 Å². The molecule has 0 saturated carbocycles. The fraction of sp³-hybridized carbons (Fsp3) is 0.231. The number of hydrogen-bond donors (Lipinski definition) is 1. The second kappa shape index (κ2) is 5.02. The van der Waals surface area contributed by atoms with Crippen molar-refractivity contribution >= 4 is 15.9 Å². The van der Waals surface area contributed by atoms with E-state index in [2.05, 4.69) is 25.9 Å². The van der Waals surface area contributed by atoms with Gasteiger partial charge >= 0.3 is 0 Å². The minimum absolute atomic E-state index is 0.0767. The molecule has 0 saturated heterocycles. The largest absolute Gasteiger partial charge is 0.310 e. The van der Waals surface area contributed by atoms with Gasteiger partial charge < -0.3 is 4.98 Å². The van der Waals surface area contributed by atoms with E-state index in [1.165, 1.54) is 6.07 Å². The molecule has 0 aliphatic carbocycles. The van der Waals surface area contributed by atoms with E-state index in [0.717, 1.165) is 0 Å². The first kappa shape index (κ1) is 13.0. The third-order valence-electron chi connectivity index (χ3n) is 2.53. The first-order valence-corrected chi connectivity index (χ1v) is 6.34. The fourth-order valence-electron chi connectivity index (χ4n) is 1.59. The number of rotatable bonds is 2. The van der Waals surface area contributed by atoms with Crippen LogP contribution in [0.1, 0.15) is 25.6 Å². The second-order valence-corrected chi connectivity index (χ2v) is 5.13. The molecular formula is C13H12BrFN2O. The Morgan fingerprint density at radius 3 is 2.78 bits per heavy atom. The summed E-state index contributed by atoms with van der Waals surface area (Å²) >= 11 is 3.12. The molecule has 0 aliphatic heterocycles. The molecule has 0 amide bonds. The standard InChI is InChI=1S/C13H12BrFN2O/c1-7(2)13-16-10(6-11(18)17-13)8-4-3-5-9(14)12(8)15/h3-7H,1-2H3,(H,16,17,18). The quantitative estimate of drug-likeness (QED) is 0.923. The molecule has 0 unspecified atom stereocenters. The molecule has 0 fully saturated rings. The molecule has 2 rings (SSSR count). The van der Waals surface area contributed by atoms with Crippen LogP contribution >= 0.6 is 15.9 Å². The number of hydrogen-bond acceptors (Lipinski definition) is 2. The number of halogens is 2. The Balaban J connectivity index is 2.64. The maximum atomic E-state index is 14.0. The van der Waals surface area contributed by atoms with E-state index in [0.29, 0.717) is 21.6 Å². The highest BCUT2D eigenvalue weighted by Crippen LogP contribution is 2.26. The number of aromatic nitrogens is 2. The van der Waals surface area contributed by atoms with E-state index >= 15 is 0 Å². The van der Waals surface area contributed by atoms with Crippen LogP contribution < -0.4 is 5.56 Å². The monoisotopic (exact) mass is 310 g/mol. The molecule has 2 aromatic rings.